The molecule has 0 aromatic carbocycles. The summed E-state index contributed by atoms with van der Waals surface area (Å²) in [7, 11) is -1.61. The van der Waals surface area contributed by atoms with Crippen LogP contribution in [0.4, 0.5) is 0 Å². The number of nitrogens with one attached hydrogen (secondary N) is 1. The van der Waals surface area contributed by atoms with Crippen LogP contribution in [-0.2, 0) is 14.8 Å². The lowest BCUT2D eigenvalue weighted by atomic mass is 10.4. The zero-order valence-electron chi connectivity index (χ0n) is 10.5. The normalized spacial score (nSPS) is 19.4. The van der Waals surface area contributed by atoms with Gasteiger partial charge in [-0.15, -0.1) is 0 Å². The Morgan fingerprint density at radius 2 is 2.06 bits per heavy atom. The van der Waals surface area contributed by atoms with Crippen molar-refractivity contribution < 1.29 is 13.2 Å². The van der Waals surface area contributed by atoms with Crippen molar-refractivity contribution in [2.24, 2.45) is 0 Å². The molecular formula is C10H21N3O3S. The fraction of sp³-hybridized carbons (Fsp3) is 0.900. The zero-order valence-corrected chi connectivity index (χ0v) is 11.3. The van der Waals surface area contributed by atoms with Crippen LogP contribution in [0.2, 0.25) is 0 Å². The second-order valence-corrected chi connectivity index (χ2v) is 6.26. The van der Waals surface area contributed by atoms with E-state index in [1.54, 1.807) is 11.9 Å². The van der Waals surface area contributed by atoms with Gasteiger partial charge in [-0.2, -0.15) is 4.31 Å². The number of carbonyl (C=O) groups is 1. The molecule has 1 rings (SSSR count). The van der Waals surface area contributed by atoms with Gasteiger partial charge in [0.25, 0.3) is 0 Å². The molecule has 0 saturated carbocycles. The van der Waals surface area contributed by atoms with Gasteiger partial charge in [0, 0.05) is 26.7 Å². The minimum absolute atomic E-state index is 0.0229. The van der Waals surface area contributed by atoms with Crippen LogP contribution in [0.3, 0.4) is 0 Å². The van der Waals surface area contributed by atoms with E-state index in [-0.39, 0.29) is 18.2 Å². The summed E-state index contributed by atoms with van der Waals surface area (Å²) < 4.78 is 25.3. The Morgan fingerprint density at radius 3 is 2.71 bits per heavy atom. The van der Waals surface area contributed by atoms with Crippen molar-refractivity contribution >= 4 is 15.9 Å². The summed E-state index contributed by atoms with van der Waals surface area (Å²) in [5, 5.41) is 2.98. The highest BCUT2D eigenvalue weighted by atomic mass is 32.2. The van der Waals surface area contributed by atoms with Gasteiger partial charge in [-0.05, 0) is 13.0 Å². The monoisotopic (exact) mass is 263 g/mol. The fourth-order valence-electron chi connectivity index (χ4n) is 1.70. The topological polar surface area (TPSA) is 69.7 Å². The summed E-state index contributed by atoms with van der Waals surface area (Å²) >= 11 is 0. The Kier molecular flexibility index (Phi) is 5.35. The van der Waals surface area contributed by atoms with Gasteiger partial charge in [-0.25, -0.2) is 8.42 Å². The van der Waals surface area contributed by atoms with Gasteiger partial charge in [0.05, 0.1) is 12.3 Å². The molecule has 1 fully saturated rings. The molecule has 0 aliphatic carbocycles. The van der Waals surface area contributed by atoms with E-state index in [1.807, 2.05) is 6.92 Å². The average molecular weight is 263 g/mol. The zero-order chi connectivity index (χ0) is 12.9. The highest BCUT2D eigenvalue weighted by Gasteiger charge is 2.27. The average Bonchev–Trinajstić information content (AvgIpc) is 2.42. The standard InChI is InChI=1S/C10H21N3O3S/c1-3-11-5-8-17(15,16)13-7-4-6-12(2)10(14)9-13/h11H,3-9H2,1-2H3. The van der Waals surface area contributed by atoms with Crippen molar-refractivity contribution in [1.29, 1.82) is 0 Å². The molecule has 0 radical (unpaired) electrons. The number of hydrogen-bond donors (Lipinski definition) is 1. The first-order chi connectivity index (χ1) is 7.97. The Balaban J connectivity index is 2.61. The molecule has 1 saturated heterocycles. The number of likely N-dealkylation sites (N-methyl/N-ethyl adjacent to an activating group) is 1. The summed E-state index contributed by atoms with van der Waals surface area (Å²) in [6, 6.07) is 0. The van der Waals surface area contributed by atoms with E-state index in [0.717, 1.165) is 6.54 Å². The van der Waals surface area contributed by atoms with Crippen LogP contribution in [0.25, 0.3) is 0 Å². The van der Waals surface area contributed by atoms with Gasteiger partial charge < -0.3 is 10.2 Å². The molecule has 0 aromatic heterocycles. The molecule has 6 nitrogen and oxygen atoms in total. The number of hydrogen-bond acceptors (Lipinski definition) is 4. The summed E-state index contributed by atoms with van der Waals surface area (Å²) in [6.07, 6.45) is 0.697. The maximum Gasteiger partial charge on any atom is 0.237 e. The molecule has 0 bridgehead atoms. The van der Waals surface area contributed by atoms with Crippen LogP contribution >= 0.6 is 0 Å². The smallest absolute Gasteiger partial charge is 0.237 e. The second-order valence-electron chi connectivity index (χ2n) is 4.17. The predicted octanol–water partition coefficient (Wildman–Crippen LogP) is -0.910. The molecule has 1 aliphatic heterocycles. The lowest BCUT2D eigenvalue weighted by Gasteiger charge is -2.19. The Bertz CT molecular complexity index is 356. The highest BCUT2D eigenvalue weighted by molar-refractivity contribution is 7.89. The molecular weight excluding hydrogens is 242 g/mol. The number of carbonyl (C=O) groups excluding carboxylic acids is 1. The largest absolute Gasteiger partial charge is 0.345 e. The van der Waals surface area contributed by atoms with Gasteiger partial charge in [-0.3, -0.25) is 4.79 Å². The highest BCUT2D eigenvalue weighted by Crippen LogP contribution is 2.08. The third-order valence-corrected chi connectivity index (χ3v) is 4.64. The number of sulfonamides is 1. The molecule has 1 N–H and O–H groups in total. The maximum atomic E-state index is 12.0. The summed E-state index contributed by atoms with van der Waals surface area (Å²) in [5.74, 6) is -0.0767. The molecule has 7 heteroatoms. The Morgan fingerprint density at radius 1 is 1.35 bits per heavy atom. The quantitative estimate of drug-likeness (QED) is 0.652. The van der Waals surface area contributed by atoms with Crippen molar-refractivity contribution in [3.63, 3.8) is 0 Å². The summed E-state index contributed by atoms with van der Waals surface area (Å²) in [4.78, 5) is 13.2. The van der Waals surface area contributed by atoms with E-state index >= 15 is 0 Å². The van der Waals surface area contributed by atoms with Crippen molar-refractivity contribution in [2.75, 3.05) is 45.5 Å². The van der Waals surface area contributed by atoms with E-state index in [1.165, 1.54) is 4.31 Å². The first kappa shape index (κ1) is 14.4. The van der Waals surface area contributed by atoms with Gasteiger partial charge >= 0.3 is 0 Å². The van der Waals surface area contributed by atoms with E-state index in [9.17, 15) is 13.2 Å². The van der Waals surface area contributed by atoms with E-state index in [4.69, 9.17) is 0 Å². The fourth-order valence-corrected chi connectivity index (χ4v) is 3.08. The lowest BCUT2D eigenvalue weighted by molar-refractivity contribution is -0.129. The first-order valence-electron chi connectivity index (χ1n) is 5.90. The van der Waals surface area contributed by atoms with Crippen molar-refractivity contribution in [2.45, 2.75) is 13.3 Å². The van der Waals surface area contributed by atoms with Gasteiger partial charge in [0.15, 0.2) is 0 Å². The second kappa shape index (κ2) is 6.32. The maximum absolute atomic E-state index is 12.0. The molecule has 0 atom stereocenters. The molecule has 1 amide bonds. The number of rotatable bonds is 5. The molecule has 1 aliphatic rings. The first-order valence-corrected chi connectivity index (χ1v) is 7.51. The van der Waals surface area contributed by atoms with Crippen LogP contribution in [0, 0.1) is 0 Å². The SMILES string of the molecule is CCNCCS(=O)(=O)N1CCCN(C)C(=O)C1. The Hall–Kier alpha value is -0.660. The lowest BCUT2D eigenvalue weighted by Crippen LogP contribution is -2.40. The summed E-state index contributed by atoms with van der Waals surface area (Å²) in [6.45, 7) is 4.14. The van der Waals surface area contributed by atoms with Gasteiger partial charge in [0.2, 0.25) is 15.9 Å². The van der Waals surface area contributed by atoms with Gasteiger partial charge in [-0.1, -0.05) is 6.92 Å². The number of amides is 1. The Labute approximate surface area is 103 Å². The minimum Gasteiger partial charge on any atom is -0.345 e. The summed E-state index contributed by atoms with van der Waals surface area (Å²) in [5.41, 5.74) is 0. The van der Waals surface area contributed by atoms with E-state index in [2.05, 4.69) is 5.32 Å². The van der Waals surface area contributed by atoms with E-state index in [0.29, 0.717) is 26.1 Å². The van der Waals surface area contributed by atoms with Gasteiger partial charge in [0.1, 0.15) is 0 Å². The molecule has 0 unspecified atom stereocenters. The van der Waals surface area contributed by atoms with E-state index < -0.39 is 10.0 Å². The molecule has 100 valence electrons. The minimum atomic E-state index is -3.31. The molecule has 0 spiro atoms. The number of nitrogens with zero attached hydrogens (tertiary/aromatic N) is 2. The van der Waals surface area contributed by atoms with Crippen LogP contribution in [-0.4, -0.2) is 69.1 Å². The van der Waals surface area contributed by atoms with Crippen LogP contribution in [0.1, 0.15) is 13.3 Å². The van der Waals surface area contributed by atoms with Crippen LogP contribution in [0.15, 0.2) is 0 Å². The predicted molar refractivity (Wildman–Crippen MR) is 66.2 cm³/mol. The molecule has 17 heavy (non-hydrogen) atoms. The van der Waals surface area contributed by atoms with Crippen molar-refractivity contribution in [3.05, 3.63) is 0 Å². The molecule has 0 aromatic rings. The third-order valence-electron chi connectivity index (χ3n) is 2.82. The van der Waals surface area contributed by atoms with Crippen LogP contribution < -0.4 is 5.32 Å². The molecule has 1 heterocycles. The van der Waals surface area contributed by atoms with Crippen LogP contribution in [0.5, 0.6) is 0 Å². The third kappa shape index (κ3) is 4.25. The van der Waals surface area contributed by atoms with Crippen molar-refractivity contribution in [3.8, 4) is 0 Å². The van der Waals surface area contributed by atoms with Crippen molar-refractivity contribution in [1.82, 2.24) is 14.5 Å².